The monoisotopic (exact) mass is 811 g/mol. The van der Waals surface area contributed by atoms with Gasteiger partial charge in [0.25, 0.3) is 0 Å². The van der Waals surface area contributed by atoms with E-state index in [-0.39, 0.29) is 63.1 Å². The van der Waals surface area contributed by atoms with Crippen LogP contribution < -0.4 is 5.32 Å². The first-order chi connectivity index (χ1) is 26.7. The number of hydrogen-bond donors (Lipinski definition) is 2. The molecule has 2 fully saturated rings. The molecule has 342 valence electrons. The van der Waals surface area contributed by atoms with Crippen molar-refractivity contribution in [3.63, 3.8) is 0 Å². The molecule has 7 unspecified atom stereocenters. The van der Waals surface area contributed by atoms with E-state index in [1.165, 1.54) is 141 Å². The Morgan fingerprint density at radius 2 is 0.982 bits per heavy atom. The maximum atomic E-state index is 12.9. The van der Waals surface area contributed by atoms with Gasteiger partial charge in [0.15, 0.2) is 0 Å². The van der Waals surface area contributed by atoms with Crippen LogP contribution in [0.3, 0.4) is 0 Å². The van der Waals surface area contributed by atoms with Crippen LogP contribution in [0.5, 0.6) is 0 Å². The van der Waals surface area contributed by atoms with E-state index in [2.05, 4.69) is 58.7 Å². The fourth-order valence-electron chi connectivity index (χ4n) is 8.29. The number of carbonyl (C=O) groups is 2. The molecule has 0 saturated carbocycles. The minimum Gasteiger partial charge on any atom is -0.460 e. The first kappa shape index (κ1) is 57.9. The summed E-state index contributed by atoms with van der Waals surface area (Å²) < 4.78 is 11.5. The van der Waals surface area contributed by atoms with Crippen molar-refractivity contribution in [2.45, 2.75) is 280 Å². The molecule has 7 nitrogen and oxygen atoms in total. The van der Waals surface area contributed by atoms with Crippen LogP contribution >= 0.6 is 0 Å². The summed E-state index contributed by atoms with van der Waals surface area (Å²) in [5.74, 6) is 0.512. The highest BCUT2D eigenvalue weighted by molar-refractivity contribution is 5.77. The number of unbranched alkanes of at least 4 members (excludes halogenated alkanes) is 21. The number of aliphatic hydroxyl groups is 1. The number of nitrogens with zero attached hydrogens (tertiary/aromatic N) is 1. The summed E-state index contributed by atoms with van der Waals surface area (Å²) in [6, 6.07) is -0.294. The molecule has 2 aliphatic heterocycles. The Hall–Kier alpha value is -1.18. The van der Waals surface area contributed by atoms with Crippen molar-refractivity contribution >= 4 is 11.9 Å². The summed E-state index contributed by atoms with van der Waals surface area (Å²) in [5, 5.41) is 14.1. The molecule has 2 rings (SSSR count). The fourth-order valence-corrected chi connectivity index (χ4v) is 8.29. The van der Waals surface area contributed by atoms with Gasteiger partial charge in [-0.3, -0.25) is 14.5 Å². The van der Waals surface area contributed by atoms with Crippen LogP contribution in [0.2, 0.25) is 0 Å². The predicted molar refractivity (Wildman–Crippen MR) is 247 cm³/mol. The lowest BCUT2D eigenvalue weighted by Crippen LogP contribution is -2.57. The van der Waals surface area contributed by atoms with Crippen molar-refractivity contribution in [3.8, 4) is 0 Å². The summed E-state index contributed by atoms with van der Waals surface area (Å²) in [6.07, 6.45) is 35.7. The third kappa shape index (κ3) is 28.1. The molecule has 0 aromatic carbocycles. The van der Waals surface area contributed by atoms with Gasteiger partial charge >= 0.3 is 11.9 Å². The second-order valence-corrected chi connectivity index (χ2v) is 17.6. The highest BCUT2D eigenvalue weighted by atomic mass is 16.6. The molecule has 0 radical (unpaired) electrons. The van der Waals surface area contributed by atoms with Crippen LogP contribution in [0.25, 0.3) is 0 Å². The maximum Gasteiger partial charge on any atom is 0.323 e. The summed E-state index contributed by atoms with van der Waals surface area (Å²) in [4.78, 5) is 27.1. The Morgan fingerprint density at radius 1 is 0.579 bits per heavy atom. The lowest BCUT2D eigenvalue weighted by atomic mass is 9.94. The molecular weight excluding hydrogens is 709 g/mol. The Morgan fingerprint density at radius 3 is 1.42 bits per heavy atom. The molecule has 0 bridgehead atoms. The zero-order chi connectivity index (χ0) is 40.5. The highest BCUT2D eigenvalue weighted by Crippen LogP contribution is 2.26. The predicted octanol–water partition coefficient (Wildman–Crippen LogP) is 13.8. The van der Waals surface area contributed by atoms with E-state index in [1.807, 2.05) is 0 Å². The number of β-amino-alcohol motifs (C(OH)–C–C–N with tert-alkyl or cyclic N) is 1. The molecule has 2 saturated heterocycles. The van der Waals surface area contributed by atoms with Crippen LogP contribution in [0.1, 0.15) is 250 Å². The lowest BCUT2D eigenvalue weighted by molar-refractivity contribution is -0.171. The second-order valence-electron chi connectivity index (χ2n) is 17.6. The molecule has 0 amide bonds. The summed E-state index contributed by atoms with van der Waals surface area (Å²) in [7, 11) is 0. The van der Waals surface area contributed by atoms with E-state index in [1.54, 1.807) is 0 Å². The van der Waals surface area contributed by atoms with Crippen molar-refractivity contribution in [3.05, 3.63) is 0 Å². The maximum absolute atomic E-state index is 12.9. The van der Waals surface area contributed by atoms with Gasteiger partial charge in [-0.05, 0) is 43.9 Å². The number of esters is 2. The van der Waals surface area contributed by atoms with Gasteiger partial charge < -0.3 is 19.9 Å². The summed E-state index contributed by atoms with van der Waals surface area (Å²) >= 11 is 0. The normalized spacial score (nSPS) is 21.3. The Labute approximate surface area is 356 Å². The standard InChI is InChI=1S/C30H59NO3.C18H35NO2.2CH4/c1-5-8-10-12-14-16-18-20-22-27(32)24-31-25-28(34-30(33)29(31)26(4)7-3)23-21-19-17-15-13-11-9-6-2;1-4-6-7-8-9-10-11-12-13-16-14-19-17(15(3)5-2)18(20)21-16;;/h26-29,32H,5-25H2,1-4H3;15-17,19H,4-14H2,1-3H3;2*1H4. The first-order valence-electron chi connectivity index (χ1n) is 24.3. The van der Waals surface area contributed by atoms with Crippen molar-refractivity contribution in [1.29, 1.82) is 0 Å². The number of aliphatic hydroxyl groups excluding tert-OH is 1. The minimum atomic E-state index is -0.346. The number of ether oxygens (including phenoxy) is 2. The van der Waals surface area contributed by atoms with Gasteiger partial charge in [-0.2, -0.15) is 0 Å². The van der Waals surface area contributed by atoms with E-state index in [4.69, 9.17) is 9.47 Å². The highest BCUT2D eigenvalue weighted by Gasteiger charge is 2.39. The molecule has 0 aliphatic carbocycles. The molecule has 7 atom stereocenters. The number of hydrogen-bond acceptors (Lipinski definition) is 7. The summed E-state index contributed by atoms with van der Waals surface area (Å²) in [5.41, 5.74) is 0. The van der Waals surface area contributed by atoms with E-state index in [0.29, 0.717) is 12.5 Å². The lowest BCUT2D eigenvalue weighted by Gasteiger charge is -2.41. The molecule has 0 spiro atoms. The van der Waals surface area contributed by atoms with E-state index in [9.17, 15) is 14.7 Å². The average Bonchev–Trinajstić information content (AvgIpc) is 3.17. The molecule has 0 aromatic rings. The SMILES string of the molecule is C.C.CCCCCCCCCCC(O)CN1CC(CCCCCCCCCC)OC(=O)C1C(C)CC.CCCCCCCCCCC1CNC(C(C)CC)C(=O)O1. The molecular formula is C50H102N2O5. The molecule has 57 heavy (non-hydrogen) atoms. The van der Waals surface area contributed by atoms with E-state index in [0.717, 1.165) is 58.0 Å². The zero-order valence-electron chi connectivity index (χ0n) is 37.7. The van der Waals surface area contributed by atoms with E-state index < -0.39 is 0 Å². The second kappa shape index (κ2) is 39.0. The van der Waals surface area contributed by atoms with Gasteiger partial charge in [0, 0.05) is 19.6 Å². The third-order valence-electron chi connectivity index (χ3n) is 12.4. The Bertz CT molecular complexity index is 900. The van der Waals surface area contributed by atoms with Gasteiger partial charge in [0.05, 0.1) is 6.10 Å². The van der Waals surface area contributed by atoms with Gasteiger partial charge in [0.1, 0.15) is 24.3 Å². The van der Waals surface area contributed by atoms with Crippen molar-refractivity contribution in [1.82, 2.24) is 10.2 Å². The largest absolute Gasteiger partial charge is 0.460 e. The third-order valence-corrected chi connectivity index (χ3v) is 12.4. The Balaban J connectivity index is 0. The first-order valence-corrected chi connectivity index (χ1v) is 24.3. The molecule has 0 aromatic heterocycles. The van der Waals surface area contributed by atoms with Crippen LogP contribution in [0, 0.1) is 11.8 Å². The number of nitrogens with one attached hydrogen (secondary N) is 1. The molecule has 2 N–H and O–H groups in total. The van der Waals surface area contributed by atoms with Crippen molar-refractivity contribution in [2.75, 3.05) is 19.6 Å². The molecule has 7 heteroatoms. The zero-order valence-corrected chi connectivity index (χ0v) is 37.7. The average molecular weight is 811 g/mol. The molecule has 2 heterocycles. The smallest absolute Gasteiger partial charge is 0.323 e. The Kier molecular flexibility index (Phi) is 39.6. The van der Waals surface area contributed by atoms with Crippen molar-refractivity contribution in [2.24, 2.45) is 11.8 Å². The number of morpholine rings is 2. The van der Waals surface area contributed by atoms with Gasteiger partial charge in [0.2, 0.25) is 0 Å². The van der Waals surface area contributed by atoms with Crippen molar-refractivity contribution < 1.29 is 24.2 Å². The summed E-state index contributed by atoms with van der Waals surface area (Å²) in [6.45, 7) is 17.5. The minimum absolute atomic E-state index is 0. The van der Waals surface area contributed by atoms with Crippen LogP contribution in [-0.2, 0) is 19.1 Å². The van der Waals surface area contributed by atoms with Gasteiger partial charge in [-0.15, -0.1) is 0 Å². The number of cyclic esters (lactones) is 2. The number of carbonyl (C=O) groups excluding carboxylic acids is 2. The van der Waals surface area contributed by atoms with Gasteiger partial charge in [-0.1, -0.05) is 217 Å². The van der Waals surface area contributed by atoms with Gasteiger partial charge in [-0.25, -0.2) is 0 Å². The van der Waals surface area contributed by atoms with Crippen LogP contribution in [-0.4, -0.2) is 72.0 Å². The van der Waals surface area contributed by atoms with Crippen LogP contribution in [0.15, 0.2) is 0 Å². The number of rotatable bonds is 33. The topological polar surface area (TPSA) is 88.1 Å². The van der Waals surface area contributed by atoms with Crippen LogP contribution in [0.4, 0.5) is 0 Å². The van der Waals surface area contributed by atoms with E-state index >= 15 is 0 Å². The quantitative estimate of drug-likeness (QED) is 0.0504. The fraction of sp³-hybridized carbons (Fsp3) is 0.960. The molecule has 2 aliphatic rings.